The molecule has 138 valence electrons. The molecule has 0 atom stereocenters. The second-order valence-electron chi connectivity index (χ2n) is 6.62. The lowest BCUT2D eigenvalue weighted by molar-refractivity contribution is 0.287. The average Bonchev–Trinajstić information content (AvgIpc) is 2.98. The van der Waals surface area contributed by atoms with Gasteiger partial charge in [0.2, 0.25) is 10.0 Å². The molecule has 1 saturated heterocycles. The van der Waals surface area contributed by atoms with Crippen LogP contribution in [-0.2, 0) is 23.1 Å². The smallest absolute Gasteiger partial charge is 0.213 e. The molecular weight excluding hydrogens is 336 g/mol. The van der Waals surface area contributed by atoms with Gasteiger partial charge in [0.05, 0.1) is 23.3 Å². The molecule has 0 spiro atoms. The second-order valence-corrected chi connectivity index (χ2v) is 8.88. The van der Waals surface area contributed by atoms with E-state index in [4.69, 9.17) is 4.98 Å². The number of nitrogens with zero attached hydrogens (tertiary/aromatic N) is 3. The van der Waals surface area contributed by atoms with Gasteiger partial charge < -0.3 is 9.88 Å². The summed E-state index contributed by atoms with van der Waals surface area (Å²) in [6.45, 7) is 6.79. The molecule has 2 heterocycles. The van der Waals surface area contributed by atoms with Crippen LogP contribution in [0, 0.1) is 0 Å². The number of hydrogen-bond donors (Lipinski definition) is 1. The molecule has 1 aromatic carbocycles. The number of aromatic nitrogens is 2. The quantitative estimate of drug-likeness (QED) is 0.819. The highest BCUT2D eigenvalue weighted by atomic mass is 32.2. The molecule has 1 fully saturated rings. The highest BCUT2D eigenvalue weighted by molar-refractivity contribution is 7.89. The minimum Gasteiger partial charge on any atom is -0.327 e. The van der Waals surface area contributed by atoms with Gasteiger partial charge in [0.1, 0.15) is 5.82 Å². The number of nitrogens with one attached hydrogen (secondary N) is 1. The maximum Gasteiger partial charge on any atom is 0.213 e. The summed E-state index contributed by atoms with van der Waals surface area (Å²) in [5.74, 6) is 1.25. The van der Waals surface area contributed by atoms with Crippen LogP contribution in [0.2, 0.25) is 0 Å². The van der Waals surface area contributed by atoms with Crippen molar-refractivity contribution in [2.45, 2.75) is 52.2 Å². The van der Waals surface area contributed by atoms with Crippen molar-refractivity contribution in [1.29, 1.82) is 0 Å². The molecule has 1 aliphatic heterocycles. The number of sulfonamides is 1. The van der Waals surface area contributed by atoms with Crippen molar-refractivity contribution in [3.8, 4) is 0 Å². The molecule has 1 N–H and O–H groups in total. The van der Waals surface area contributed by atoms with Crippen LogP contribution in [-0.4, -0.2) is 47.2 Å². The Hall–Kier alpha value is -1.44. The van der Waals surface area contributed by atoms with Crippen LogP contribution < -0.4 is 5.32 Å². The van der Waals surface area contributed by atoms with Gasteiger partial charge in [0.15, 0.2) is 0 Å². The van der Waals surface area contributed by atoms with E-state index in [1.165, 1.54) is 5.52 Å². The number of benzene rings is 1. The Bertz CT molecular complexity index is 808. The van der Waals surface area contributed by atoms with E-state index in [0.717, 1.165) is 43.7 Å². The largest absolute Gasteiger partial charge is 0.327 e. The molecule has 0 radical (unpaired) electrons. The summed E-state index contributed by atoms with van der Waals surface area (Å²) in [6, 6.07) is 8.59. The molecule has 1 aliphatic rings. The van der Waals surface area contributed by atoms with Crippen molar-refractivity contribution in [1.82, 2.24) is 19.2 Å². The molecule has 0 bridgehead atoms. The van der Waals surface area contributed by atoms with Gasteiger partial charge in [0, 0.05) is 25.7 Å². The first-order valence-corrected chi connectivity index (χ1v) is 10.8. The summed E-state index contributed by atoms with van der Waals surface area (Å²) >= 11 is 0. The van der Waals surface area contributed by atoms with Crippen LogP contribution in [0.25, 0.3) is 11.0 Å². The van der Waals surface area contributed by atoms with E-state index in [1.54, 1.807) is 11.2 Å². The predicted molar refractivity (Wildman–Crippen MR) is 101 cm³/mol. The van der Waals surface area contributed by atoms with Crippen molar-refractivity contribution in [2.75, 3.05) is 18.8 Å². The molecule has 0 amide bonds. The molecule has 3 rings (SSSR count). The topological polar surface area (TPSA) is 67.2 Å². The number of piperidine rings is 1. The van der Waals surface area contributed by atoms with Gasteiger partial charge in [0.25, 0.3) is 0 Å². The average molecular weight is 365 g/mol. The summed E-state index contributed by atoms with van der Waals surface area (Å²) in [5, 5.41) is 3.58. The van der Waals surface area contributed by atoms with Crippen molar-refractivity contribution in [3.63, 3.8) is 0 Å². The lowest BCUT2D eigenvalue weighted by atomic mass is 10.1. The Morgan fingerprint density at radius 2 is 1.92 bits per heavy atom. The van der Waals surface area contributed by atoms with Crippen molar-refractivity contribution < 1.29 is 8.42 Å². The van der Waals surface area contributed by atoms with Gasteiger partial charge in [-0.05, 0) is 38.3 Å². The number of imidazole rings is 1. The van der Waals surface area contributed by atoms with Crippen LogP contribution in [0.1, 0.15) is 38.9 Å². The molecule has 25 heavy (non-hydrogen) atoms. The van der Waals surface area contributed by atoms with E-state index < -0.39 is 10.0 Å². The number of para-hydroxylation sites is 2. The number of hydrogen-bond acceptors (Lipinski definition) is 4. The summed E-state index contributed by atoms with van der Waals surface area (Å²) < 4.78 is 27.8. The molecule has 6 nitrogen and oxygen atoms in total. The summed E-state index contributed by atoms with van der Waals surface area (Å²) in [6.07, 6.45) is 2.78. The Kier molecular flexibility index (Phi) is 5.76. The van der Waals surface area contributed by atoms with E-state index in [0.29, 0.717) is 19.1 Å². The number of aryl methyl sites for hydroxylation is 1. The highest BCUT2D eigenvalue weighted by Crippen LogP contribution is 2.18. The third kappa shape index (κ3) is 4.04. The first kappa shape index (κ1) is 18.4. The van der Waals surface area contributed by atoms with Gasteiger partial charge in [-0.15, -0.1) is 0 Å². The Morgan fingerprint density at radius 1 is 1.20 bits per heavy atom. The monoisotopic (exact) mass is 364 g/mol. The van der Waals surface area contributed by atoms with E-state index in [2.05, 4.69) is 35.0 Å². The third-order valence-electron chi connectivity index (χ3n) is 4.94. The fourth-order valence-electron chi connectivity index (χ4n) is 3.49. The lowest BCUT2D eigenvalue weighted by Crippen LogP contribution is -2.45. The second kappa shape index (κ2) is 7.85. The van der Waals surface area contributed by atoms with E-state index in [1.807, 2.05) is 6.07 Å². The first-order valence-electron chi connectivity index (χ1n) is 9.20. The summed E-state index contributed by atoms with van der Waals surface area (Å²) in [5.41, 5.74) is 2.22. The summed E-state index contributed by atoms with van der Waals surface area (Å²) in [7, 11) is -3.05. The minimum atomic E-state index is -3.05. The highest BCUT2D eigenvalue weighted by Gasteiger charge is 2.26. The van der Waals surface area contributed by atoms with Gasteiger partial charge in [-0.1, -0.05) is 19.1 Å². The Labute approximate surface area is 150 Å². The lowest BCUT2D eigenvalue weighted by Gasteiger charge is -2.31. The summed E-state index contributed by atoms with van der Waals surface area (Å²) in [4.78, 5) is 4.78. The molecule has 0 saturated carbocycles. The van der Waals surface area contributed by atoms with E-state index in [9.17, 15) is 8.42 Å². The minimum absolute atomic E-state index is 0.187. The van der Waals surface area contributed by atoms with Crippen LogP contribution in [0.3, 0.4) is 0 Å². The number of fused-ring (bicyclic) bond motifs is 1. The van der Waals surface area contributed by atoms with Gasteiger partial charge in [-0.25, -0.2) is 17.7 Å². The van der Waals surface area contributed by atoms with Crippen LogP contribution in [0.4, 0.5) is 0 Å². The molecule has 2 aromatic rings. The van der Waals surface area contributed by atoms with E-state index in [-0.39, 0.29) is 5.75 Å². The molecule has 1 aromatic heterocycles. The van der Waals surface area contributed by atoms with E-state index >= 15 is 0 Å². The third-order valence-corrected chi connectivity index (χ3v) is 6.82. The van der Waals surface area contributed by atoms with Gasteiger partial charge >= 0.3 is 0 Å². The Morgan fingerprint density at radius 3 is 2.60 bits per heavy atom. The van der Waals surface area contributed by atoms with Crippen molar-refractivity contribution in [3.05, 3.63) is 30.1 Å². The van der Waals surface area contributed by atoms with Crippen LogP contribution in [0.15, 0.2) is 24.3 Å². The van der Waals surface area contributed by atoms with Gasteiger partial charge in [-0.2, -0.15) is 0 Å². The zero-order valence-electron chi connectivity index (χ0n) is 15.1. The molecule has 7 heteroatoms. The van der Waals surface area contributed by atoms with Gasteiger partial charge in [-0.3, -0.25) is 0 Å². The molecule has 0 unspecified atom stereocenters. The Balaban J connectivity index is 1.63. The maximum atomic E-state index is 11.9. The van der Waals surface area contributed by atoms with Crippen molar-refractivity contribution >= 4 is 21.1 Å². The fraction of sp³-hybridized carbons (Fsp3) is 0.611. The SMILES string of the molecule is CCCn1c(CNC2CCN(S(=O)(=O)CC)CC2)nc2ccccc21. The number of rotatable bonds is 7. The molecule has 0 aliphatic carbocycles. The molecular formula is C18H28N4O2S. The van der Waals surface area contributed by atoms with Crippen molar-refractivity contribution in [2.24, 2.45) is 0 Å². The van der Waals surface area contributed by atoms with Crippen LogP contribution in [0.5, 0.6) is 0 Å². The normalized spacial score (nSPS) is 17.4. The van der Waals surface area contributed by atoms with Crippen LogP contribution >= 0.6 is 0 Å². The standard InChI is InChI=1S/C18H28N4O2S/c1-3-11-22-17-8-6-5-7-16(17)20-18(22)14-19-15-9-12-21(13-10-15)25(23,24)4-2/h5-8,15,19H,3-4,9-14H2,1-2H3. The first-order chi connectivity index (χ1) is 12.0. The zero-order valence-corrected chi connectivity index (χ0v) is 15.9. The zero-order chi connectivity index (χ0) is 17.9. The maximum absolute atomic E-state index is 11.9. The predicted octanol–water partition coefficient (Wildman–Crippen LogP) is 2.35. The fourth-order valence-corrected chi connectivity index (χ4v) is 4.62.